The molecule has 1 heterocycles. The molecule has 0 spiro atoms. The first-order chi connectivity index (χ1) is 8.38. The zero-order valence-electron chi connectivity index (χ0n) is 9.36. The highest BCUT2D eigenvalue weighted by Gasteiger charge is 2.47. The van der Waals surface area contributed by atoms with Crippen molar-refractivity contribution in [2.45, 2.75) is 12.0 Å². The van der Waals surface area contributed by atoms with E-state index >= 15 is 0 Å². The number of hydrogen-bond acceptors (Lipinski definition) is 4. The molecule has 7 heteroatoms. The van der Waals surface area contributed by atoms with Crippen LogP contribution < -0.4 is 10.1 Å². The first-order valence-electron chi connectivity index (χ1n) is 5.02. The molecule has 0 bridgehead atoms. The van der Waals surface area contributed by atoms with Crippen LogP contribution >= 0.6 is 11.6 Å². The van der Waals surface area contributed by atoms with E-state index in [1.165, 1.54) is 19.2 Å². The summed E-state index contributed by atoms with van der Waals surface area (Å²) in [6, 6.07) is 2.77. The van der Waals surface area contributed by atoms with Crippen molar-refractivity contribution in [1.82, 2.24) is 0 Å². The van der Waals surface area contributed by atoms with Crippen LogP contribution in [-0.4, -0.2) is 29.2 Å². The van der Waals surface area contributed by atoms with Gasteiger partial charge in [-0.2, -0.15) is 0 Å². The quantitative estimate of drug-likeness (QED) is 0.761. The van der Waals surface area contributed by atoms with E-state index in [9.17, 15) is 14.7 Å². The van der Waals surface area contributed by atoms with E-state index in [1.54, 1.807) is 0 Å². The molecule has 1 atom stereocenters. The molecule has 1 aromatic rings. The highest BCUT2D eigenvalue weighted by atomic mass is 35.5. The van der Waals surface area contributed by atoms with Crippen LogP contribution in [0.2, 0.25) is 5.02 Å². The first kappa shape index (κ1) is 12.7. The van der Waals surface area contributed by atoms with Crippen LogP contribution in [0.3, 0.4) is 0 Å². The van der Waals surface area contributed by atoms with Crippen LogP contribution in [0.15, 0.2) is 12.1 Å². The molecule has 0 aliphatic carbocycles. The Kier molecular flexibility index (Phi) is 2.92. The predicted octanol–water partition coefficient (Wildman–Crippen LogP) is 0.963. The summed E-state index contributed by atoms with van der Waals surface area (Å²) in [6.45, 7) is 0. The standard InChI is InChI=1S/C11H10ClNO5/c1-18-8-2-5-7(3-6(8)12)13-10(16)11(5,17)4-9(14)15/h2-3,17H,4H2,1H3,(H,13,16)(H,14,15). The van der Waals surface area contributed by atoms with Gasteiger partial charge in [0, 0.05) is 11.3 Å². The van der Waals surface area contributed by atoms with E-state index in [0.29, 0.717) is 0 Å². The maximum absolute atomic E-state index is 11.7. The number of carbonyl (C=O) groups excluding carboxylic acids is 1. The second kappa shape index (κ2) is 4.15. The number of ether oxygens (including phenoxy) is 1. The largest absolute Gasteiger partial charge is 0.495 e. The Balaban J connectivity index is 2.56. The minimum Gasteiger partial charge on any atom is -0.495 e. The molecule has 1 aromatic carbocycles. The smallest absolute Gasteiger partial charge is 0.307 e. The number of aliphatic carboxylic acids is 1. The number of carboxylic acid groups (broad SMARTS) is 1. The van der Waals surface area contributed by atoms with Gasteiger partial charge in [0.15, 0.2) is 5.60 Å². The molecule has 0 radical (unpaired) electrons. The minimum atomic E-state index is -2.10. The maximum atomic E-state index is 11.7. The van der Waals surface area contributed by atoms with Gasteiger partial charge in [0.05, 0.1) is 18.6 Å². The first-order valence-corrected chi connectivity index (χ1v) is 5.40. The summed E-state index contributed by atoms with van der Waals surface area (Å²) in [5.41, 5.74) is -1.66. The summed E-state index contributed by atoms with van der Waals surface area (Å²) in [4.78, 5) is 22.4. The number of anilines is 1. The fourth-order valence-electron chi connectivity index (χ4n) is 1.90. The highest BCUT2D eigenvalue weighted by molar-refractivity contribution is 6.32. The van der Waals surface area contributed by atoms with Crippen LogP contribution in [0.4, 0.5) is 5.69 Å². The summed E-state index contributed by atoms with van der Waals surface area (Å²) < 4.78 is 4.97. The molecule has 96 valence electrons. The average molecular weight is 272 g/mol. The predicted molar refractivity (Wildman–Crippen MR) is 62.8 cm³/mol. The minimum absolute atomic E-state index is 0.149. The van der Waals surface area contributed by atoms with Crippen LogP contribution in [0.5, 0.6) is 5.75 Å². The Bertz CT molecular complexity index is 544. The number of rotatable bonds is 3. The number of fused-ring (bicyclic) bond motifs is 1. The van der Waals surface area contributed by atoms with E-state index in [-0.39, 0.29) is 22.0 Å². The van der Waals surface area contributed by atoms with E-state index in [1.807, 2.05) is 0 Å². The van der Waals surface area contributed by atoms with Gasteiger partial charge in [0.25, 0.3) is 5.91 Å². The van der Waals surface area contributed by atoms with Crippen molar-refractivity contribution in [3.05, 3.63) is 22.7 Å². The van der Waals surface area contributed by atoms with Crippen molar-refractivity contribution in [3.63, 3.8) is 0 Å². The lowest BCUT2D eigenvalue weighted by atomic mass is 9.92. The number of carbonyl (C=O) groups is 2. The van der Waals surface area contributed by atoms with Crippen LogP contribution in [0, 0.1) is 0 Å². The molecule has 0 saturated carbocycles. The Morgan fingerprint density at radius 2 is 2.22 bits per heavy atom. The van der Waals surface area contributed by atoms with Crippen molar-refractivity contribution < 1.29 is 24.5 Å². The lowest BCUT2D eigenvalue weighted by molar-refractivity contribution is -0.149. The number of aliphatic hydroxyl groups is 1. The Morgan fingerprint density at radius 1 is 1.56 bits per heavy atom. The summed E-state index contributed by atoms with van der Waals surface area (Å²) in [5, 5.41) is 21.6. The topological polar surface area (TPSA) is 95.9 Å². The lowest BCUT2D eigenvalue weighted by Gasteiger charge is -2.18. The van der Waals surface area contributed by atoms with E-state index in [2.05, 4.69) is 5.32 Å². The Labute approximate surface area is 107 Å². The van der Waals surface area contributed by atoms with Gasteiger partial charge in [-0.3, -0.25) is 9.59 Å². The number of nitrogens with one attached hydrogen (secondary N) is 1. The highest BCUT2D eigenvalue weighted by Crippen LogP contribution is 2.43. The van der Waals surface area contributed by atoms with Gasteiger partial charge in [0.1, 0.15) is 5.75 Å². The molecule has 3 N–H and O–H groups in total. The fourth-order valence-corrected chi connectivity index (χ4v) is 2.14. The Hall–Kier alpha value is -1.79. The second-order valence-corrected chi connectivity index (χ2v) is 4.32. The normalized spacial score (nSPS) is 21.4. The van der Waals surface area contributed by atoms with E-state index < -0.39 is 23.9 Å². The molecule has 0 fully saturated rings. The summed E-state index contributed by atoms with van der Waals surface area (Å²) >= 11 is 5.88. The molecule has 18 heavy (non-hydrogen) atoms. The molecule has 0 aromatic heterocycles. The van der Waals surface area contributed by atoms with Gasteiger partial charge >= 0.3 is 5.97 Å². The molecule has 2 rings (SSSR count). The number of methoxy groups -OCH3 is 1. The van der Waals surface area contributed by atoms with Gasteiger partial charge in [-0.25, -0.2) is 0 Å². The summed E-state index contributed by atoms with van der Waals surface area (Å²) in [5.74, 6) is -1.81. The molecular formula is C11H10ClNO5. The third-order valence-electron chi connectivity index (χ3n) is 2.77. The number of hydrogen-bond donors (Lipinski definition) is 3. The Morgan fingerprint density at radius 3 is 2.78 bits per heavy atom. The average Bonchev–Trinajstić information content (AvgIpc) is 2.49. The van der Waals surface area contributed by atoms with Crippen molar-refractivity contribution in [2.75, 3.05) is 12.4 Å². The molecule has 6 nitrogen and oxygen atoms in total. The van der Waals surface area contributed by atoms with Crippen LogP contribution in [-0.2, 0) is 15.2 Å². The molecule has 1 aliphatic heterocycles. The molecule has 1 aliphatic rings. The van der Waals surface area contributed by atoms with Gasteiger partial charge in [-0.15, -0.1) is 0 Å². The number of halogens is 1. The molecular weight excluding hydrogens is 262 g/mol. The molecule has 1 unspecified atom stereocenters. The van der Waals surface area contributed by atoms with Gasteiger partial charge in [-0.05, 0) is 12.1 Å². The number of carboxylic acids is 1. The summed E-state index contributed by atoms with van der Waals surface area (Å²) in [7, 11) is 1.38. The van der Waals surface area contributed by atoms with Gasteiger partial charge in [0.2, 0.25) is 0 Å². The lowest BCUT2D eigenvalue weighted by Crippen LogP contribution is -2.36. The van der Waals surface area contributed by atoms with Gasteiger partial charge in [-0.1, -0.05) is 11.6 Å². The van der Waals surface area contributed by atoms with E-state index in [0.717, 1.165) is 0 Å². The van der Waals surface area contributed by atoms with Crippen molar-refractivity contribution in [2.24, 2.45) is 0 Å². The molecule has 0 saturated heterocycles. The van der Waals surface area contributed by atoms with Gasteiger partial charge < -0.3 is 20.3 Å². The number of amides is 1. The zero-order valence-corrected chi connectivity index (χ0v) is 10.1. The fraction of sp³-hybridized carbons (Fsp3) is 0.273. The SMILES string of the molecule is COc1cc2c(cc1Cl)NC(=O)C2(O)CC(=O)O. The van der Waals surface area contributed by atoms with Crippen LogP contribution in [0.25, 0.3) is 0 Å². The van der Waals surface area contributed by atoms with Crippen molar-refractivity contribution in [1.29, 1.82) is 0 Å². The summed E-state index contributed by atoms with van der Waals surface area (Å²) in [6.07, 6.45) is -0.726. The van der Waals surface area contributed by atoms with E-state index in [4.69, 9.17) is 21.4 Å². The van der Waals surface area contributed by atoms with Crippen molar-refractivity contribution >= 4 is 29.2 Å². The number of benzene rings is 1. The van der Waals surface area contributed by atoms with Crippen molar-refractivity contribution in [3.8, 4) is 5.75 Å². The monoisotopic (exact) mass is 271 g/mol. The second-order valence-electron chi connectivity index (χ2n) is 3.92. The molecule has 1 amide bonds. The third-order valence-corrected chi connectivity index (χ3v) is 3.06. The maximum Gasteiger partial charge on any atom is 0.307 e. The third kappa shape index (κ3) is 1.79. The zero-order chi connectivity index (χ0) is 13.5. The van der Waals surface area contributed by atoms with Crippen LogP contribution in [0.1, 0.15) is 12.0 Å².